The third-order valence-corrected chi connectivity index (χ3v) is 2.83. The smallest absolute Gasteiger partial charge is 0.268 e. The normalized spacial score (nSPS) is 10.7. The molecule has 2 amide bonds. The Morgan fingerprint density at radius 3 is 2.53 bits per heavy atom. The number of nitrogens with one attached hydrogen (secondary N) is 2. The predicted octanol–water partition coefficient (Wildman–Crippen LogP) is 1.55. The number of carbonyl (C=O) groups is 2. The lowest BCUT2D eigenvalue weighted by molar-refractivity contribution is -0.118. The molecule has 0 spiro atoms. The van der Waals surface area contributed by atoms with Crippen LogP contribution in [0.15, 0.2) is 11.4 Å². The Morgan fingerprint density at radius 2 is 2.00 bits per heavy atom. The van der Waals surface area contributed by atoms with Crippen molar-refractivity contribution in [2.45, 2.75) is 13.8 Å². The molecule has 5 nitrogen and oxygen atoms in total. The molecule has 1 aromatic rings. The molecule has 6 heteroatoms. The zero-order valence-electron chi connectivity index (χ0n) is 10.4. The minimum absolute atomic E-state index is 0.0913. The van der Waals surface area contributed by atoms with Gasteiger partial charge in [0.1, 0.15) is 5.00 Å². The Kier molecular flexibility index (Phi) is 4.65. The summed E-state index contributed by atoms with van der Waals surface area (Å²) in [5.41, 5.74) is 3.12. The predicted molar refractivity (Wildman–Crippen MR) is 68.9 cm³/mol. The summed E-state index contributed by atoms with van der Waals surface area (Å²) in [4.78, 5) is 23.4. The van der Waals surface area contributed by atoms with Crippen LogP contribution in [0.5, 0.6) is 0 Å². The third kappa shape index (κ3) is 3.83. The van der Waals surface area contributed by atoms with Crippen molar-refractivity contribution in [3.05, 3.63) is 17.0 Å². The Balaban J connectivity index is 2.79. The molecule has 0 aromatic carbocycles. The van der Waals surface area contributed by atoms with Crippen LogP contribution in [0.25, 0.3) is 0 Å². The molecule has 0 atom stereocenters. The van der Waals surface area contributed by atoms with E-state index in [0.29, 0.717) is 10.6 Å². The maximum Gasteiger partial charge on any atom is 0.268 e. The molecule has 0 aliphatic heterocycles. The van der Waals surface area contributed by atoms with Gasteiger partial charge in [-0.25, -0.2) is 5.01 Å². The van der Waals surface area contributed by atoms with Gasteiger partial charge in [0.15, 0.2) is 0 Å². The van der Waals surface area contributed by atoms with Crippen LogP contribution in [0.2, 0.25) is 0 Å². The molecule has 0 radical (unpaired) electrons. The average Bonchev–Trinajstić information content (AvgIpc) is 2.64. The monoisotopic (exact) mass is 255 g/mol. The Labute approximate surface area is 105 Å². The molecule has 0 fully saturated rings. The van der Waals surface area contributed by atoms with Crippen molar-refractivity contribution in [3.8, 4) is 0 Å². The molecule has 0 aliphatic carbocycles. The van der Waals surface area contributed by atoms with Gasteiger partial charge in [-0.05, 0) is 11.4 Å². The highest BCUT2D eigenvalue weighted by atomic mass is 32.1. The van der Waals surface area contributed by atoms with E-state index in [2.05, 4.69) is 10.7 Å². The lowest BCUT2D eigenvalue weighted by atomic mass is 10.2. The van der Waals surface area contributed by atoms with Crippen molar-refractivity contribution < 1.29 is 9.59 Å². The Bertz CT molecular complexity index is 413. The van der Waals surface area contributed by atoms with Crippen LogP contribution in [0, 0.1) is 5.92 Å². The van der Waals surface area contributed by atoms with Crippen molar-refractivity contribution in [2.24, 2.45) is 5.92 Å². The van der Waals surface area contributed by atoms with Gasteiger partial charge in [0, 0.05) is 20.0 Å². The molecule has 0 unspecified atom stereocenters. The molecule has 0 saturated heterocycles. The number of amides is 2. The van der Waals surface area contributed by atoms with Crippen molar-refractivity contribution in [3.63, 3.8) is 0 Å². The second-order valence-corrected chi connectivity index (χ2v) is 5.06. The van der Waals surface area contributed by atoms with Gasteiger partial charge in [0.25, 0.3) is 5.91 Å². The highest BCUT2D eigenvalue weighted by molar-refractivity contribution is 7.14. The summed E-state index contributed by atoms with van der Waals surface area (Å²) >= 11 is 1.34. The van der Waals surface area contributed by atoms with E-state index in [1.807, 2.05) is 13.8 Å². The van der Waals surface area contributed by atoms with Crippen molar-refractivity contribution in [2.75, 3.05) is 19.4 Å². The van der Waals surface area contributed by atoms with Gasteiger partial charge < -0.3 is 5.32 Å². The lowest BCUT2D eigenvalue weighted by Crippen LogP contribution is -2.36. The first kappa shape index (κ1) is 13.7. The maximum absolute atomic E-state index is 11.8. The second kappa shape index (κ2) is 5.79. The van der Waals surface area contributed by atoms with Gasteiger partial charge >= 0.3 is 0 Å². The minimum Gasteiger partial charge on any atom is -0.317 e. The number of rotatable bonds is 4. The van der Waals surface area contributed by atoms with E-state index in [1.54, 1.807) is 30.6 Å². The van der Waals surface area contributed by atoms with Gasteiger partial charge in [-0.15, -0.1) is 11.3 Å². The van der Waals surface area contributed by atoms with Crippen LogP contribution in [0.1, 0.15) is 24.2 Å². The van der Waals surface area contributed by atoms with E-state index < -0.39 is 0 Å². The van der Waals surface area contributed by atoms with E-state index in [-0.39, 0.29) is 17.7 Å². The molecule has 0 saturated carbocycles. The molecule has 0 bridgehead atoms. The summed E-state index contributed by atoms with van der Waals surface area (Å²) < 4.78 is 0. The van der Waals surface area contributed by atoms with Gasteiger partial charge in [0.2, 0.25) is 5.91 Å². The summed E-state index contributed by atoms with van der Waals surface area (Å²) in [7, 11) is 3.47. The van der Waals surface area contributed by atoms with Crippen LogP contribution < -0.4 is 10.7 Å². The highest BCUT2D eigenvalue weighted by Crippen LogP contribution is 2.23. The van der Waals surface area contributed by atoms with Crippen molar-refractivity contribution in [1.82, 2.24) is 10.4 Å². The highest BCUT2D eigenvalue weighted by Gasteiger charge is 2.16. The fourth-order valence-electron chi connectivity index (χ4n) is 1.10. The summed E-state index contributed by atoms with van der Waals surface area (Å²) in [5.74, 6) is -0.427. The number of anilines is 1. The molecule has 1 aromatic heterocycles. The summed E-state index contributed by atoms with van der Waals surface area (Å²) in [6, 6.07) is 1.69. The SMILES string of the molecule is CC(C)C(=O)Nc1sccc1C(=O)NN(C)C. The van der Waals surface area contributed by atoms with Gasteiger partial charge in [-0.3, -0.25) is 15.0 Å². The van der Waals surface area contributed by atoms with E-state index in [0.717, 1.165) is 0 Å². The summed E-state index contributed by atoms with van der Waals surface area (Å²) in [6.45, 7) is 3.62. The molecular weight excluding hydrogens is 238 g/mol. The fourth-order valence-corrected chi connectivity index (χ4v) is 1.89. The molecule has 17 heavy (non-hydrogen) atoms. The summed E-state index contributed by atoms with van der Waals surface area (Å²) in [6.07, 6.45) is 0. The topological polar surface area (TPSA) is 61.4 Å². The molecular formula is C11H17N3O2S. The third-order valence-electron chi connectivity index (χ3n) is 2.00. The molecule has 1 heterocycles. The standard InChI is InChI=1S/C11H17N3O2S/c1-7(2)9(15)12-11-8(5-6-17-11)10(16)13-14(3)4/h5-7H,1-4H3,(H,12,15)(H,13,16). The number of hydrazine groups is 1. The number of thiophene rings is 1. The molecule has 94 valence electrons. The van der Waals surface area contributed by atoms with Gasteiger partial charge in [0.05, 0.1) is 5.56 Å². The fraction of sp³-hybridized carbons (Fsp3) is 0.455. The Hall–Kier alpha value is -1.40. The van der Waals surface area contributed by atoms with E-state index in [9.17, 15) is 9.59 Å². The van der Waals surface area contributed by atoms with Crippen molar-refractivity contribution in [1.29, 1.82) is 0 Å². The zero-order chi connectivity index (χ0) is 13.0. The molecule has 0 aliphatic rings. The minimum atomic E-state index is -0.227. The molecule has 2 N–H and O–H groups in total. The Morgan fingerprint density at radius 1 is 1.35 bits per heavy atom. The van der Waals surface area contributed by atoms with Crippen LogP contribution in [-0.2, 0) is 4.79 Å². The maximum atomic E-state index is 11.8. The number of carbonyl (C=O) groups excluding carboxylic acids is 2. The van der Waals surface area contributed by atoms with Gasteiger partial charge in [-0.2, -0.15) is 0 Å². The van der Waals surface area contributed by atoms with Crippen LogP contribution in [0.3, 0.4) is 0 Å². The first-order valence-electron chi connectivity index (χ1n) is 5.28. The number of nitrogens with zero attached hydrogens (tertiary/aromatic N) is 1. The average molecular weight is 255 g/mol. The van der Waals surface area contributed by atoms with E-state index in [4.69, 9.17) is 0 Å². The summed E-state index contributed by atoms with van der Waals surface area (Å²) in [5, 5.41) is 6.67. The van der Waals surface area contributed by atoms with Crippen LogP contribution >= 0.6 is 11.3 Å². The van der Waals surface area contributed by atoms with Gasteiger partial charge in [-0.1, -0.05) is 13.8 Å². The molecule has 1 rings (SSSR count). The van der Waals surface area contributed by atoms with Crippen molar-refractivity contribution >= 4 is 28.2 Å². The number of hydrogen-bond donors (Lipinski definition) is 2. The quantitative estimate of drug-likeness (QED) is 0.802. The van der Waals surface area contributed by atoms with Crippen LogP contribution in [-0.4, -0.2) is 30.9 Å². The van der Waals surface area contributed by atoms with Crippen LogP contribution in [0.4, 0.5) is 5.00 Å². The van der Waals surface area contributed by atoms with E-state index >= 15 is 0 Å². The largest absolute Gasteiger partial charge is 0.317 e. The lowest BCUT2D eigenvalue weighted by Gasteiger charge is -2.12. The van der Waals surface area contributed by atoms with E-state index in [1.165, 1.54) is 11.3 Å². The first-order valence-corrected chi connectivity index (χ1v) is 6.16. The first-order chi connectivity index (χ1) is 7.91. The second-order valence-electron chi connectivity index (χ2n) is 4.14. The number of hydrogen-bond acceptors (Lipinski definition) is 4. The zero-order valence-corrected chi connectivity index (χ0v) is 11.2.